The fourth-order valence-electron chi connectivity index (χ4n) is 1.41. The van der Waals surface area contributed by atoms with Crippen molar-refractivity contribution in [2.24, 2.45) is 0 Å². The average molecular weight is 206 g/mol. The van der Waals surface area contributed by atoms with Gasteiger partial charge in [0, 0.05) is 0 Å². The van der Waals surface area contributed by atoms with Gasteiger partial charge in [-0.25, -0.2) is 0 Å². The molecule has 0 N–H and O–H groups in total. The van der Waals surface area contributed by atoms with E-state index in [4.69, 9.17) is 4.74 Å². The molecule has 0 heterocycles. The van der Waals surface area contributed by atoms with Gasteiger partial charge in [0.1, 0.15) is 0 Å². The summed E-state index contributed by atoms with van der Waals surface area (Å²) in [6.45, 7) is 6.55. The molecular weight excluding hydrogens is 188 g/mol. The van der Waals surface area contributed by atoms with E-state index in [1.165, 1.54) is 5.56 Å². The zero-order valence-electron chi connectivity index (χ0n) is 9.67. The van der Waals surface area contributed by atoms with E-state index in [1.54, 1.807) is 0 Å². The normalized spacial score (nSPS) is 10.1. The van der Waals surface area contributed by atoms with E-state index < -0.39 is 0 Å². The molecular formula is C13H18O2. The van der Waals surface area contributed by atoms with Gasteiger partial charge in [-0.05, 0) is 31.4 Å². The summed E-state index contributed by atoms with van der Waals surface area (Å²) in [5, 5.41) is 0. The molecule has 0 bridgehead atoms. The molecule has 0 amide bonds. The number of rotatable bonds is 4. The zero-order valence-corrected chi connectivity index (χ0v) is 9.67. The van der Waals surface area contributed by atoms with Crippen molar-refractivity contribution in [1.82, 2.24) is 0 Å². The van der Waals surface area contributed by atoms with Gasteiger partial charge < -0.3 is 4.74 Å². The van der Waals surface area contributed by atoms with Gasteiger partial charge in [0.2, 0.25) is 0 Å². The predicted octanol–water partition coefficient (Wildman–Crippen LogP) is 2.80. The maximum atomic E-state index is 11.4. The average Bonchev–Trinajstić information content (AvgIpc) is 2.20. The number of ether oxygens (including phenoxy) is 1. The van der Waals surface area contributed by atoms with Gasteiger partial charge in [-0.3, -0.25) is 4.79 Å². The van der Waals surface area contributed by atoms with Crippen LogP contribution in [-0.4, -0.2) is 12.6 Å². The van der Waals surface area contributed by atoms with Gasteiger partial charge in [-0.1, -0.05) is 30.7 Å². The molecule has 0 aliphatic heterocycles. The Balaban J connectivity index is 2.63. The third-order valence-corrected chi connectivity index (χ3v) is 2.31. The highest BCUT2D eigenvalue weighted by molar-refractivity contribution is 5.73. The highest BCUT2D eigenvalue weighted by Gasteiger charge is 2.06. The number of aryl methyl sites for hydroxylation is 2. The lowest BCUT2D eigenvalue weighted by Crippen LogP contribution is -2.09. The molecule has 0 saturated heterocycles. The van der Waals surface area contributed by atoms with Gasteiger partial charge in [0.25, 0.3) is 0 Å². The van der Waals surface area contributed by atoms with Gasteiger partial charge in [0.15, 0.2) is 0 Å². The van der Waals surface area contributed by atoms with Crippen molar-refractivity contribution in [3.8, 4) is 0 Å². The van der Waals surface area contributed by atoms with Gasteiger partial charge in [0.05, 0.1) is 13.0 Å². The third-order valence-electron chi connectivity index (χ3n) is 2.31. The SMILES string of the molecule is CCCOC(=O)Cc1cc(C)ccc1C. The molecule has 0 unspecified atom stereocenters. The summed E-state index contributed by atoms with van der Waals surface area (Å²) in [6, 6.07) is 6.14. The van der Waals surface area contributed by atoms with Crippen LogP contribution in [0.2, 0.25) is 0 Å². The number of esters is 1. The highest BCUT2D eigenvalue weighted by Crippen LogP contribution is 2.11. The third kappa shape index (κ3) is 3.74. The Bertz CT molecular complexity index is 342. The maximum Gasteiger partial charge on any atom is 0.310 e. The summed E-state index contributed by atoms with van der Waals surface area (Å²) in [7, 11) is 0. The minimum Gasteiger partial charge on any atom is -0.465 e. The molecule has 0 saturated carbocycles. The number of hydrogen-bond donors (Lipinski definition) is 0. The summed E-state index contributed by atoms with van der Waals surface area (Å²) in [5.41, 5.74) is 3.39. The van der Waals surface area contributed by atoms with E-state index in [-0.39, 0.29) is 5.97 Å². The highest BCUT2D eigenvalue weighted by atomic mass is 16.5. The Labute approximate surface area is 91.3 Å². The first-order valence-electron chi connectivity index (χ1n) is 5.35. The fourth-order valence-corrected chi connectivity index (χ4v) is 1.41. The van der Waals surface area contributed by atoms with Crippen LogP contribution in [0.5, 0.6) is 0 Å². The van der Waals surface area contributed by atoms with E-state index in [2.05, 4.69) is 6.07 Å². The Morgan fingerprint density at radius 3 is 2.73 bits per heavy atom. The van der Waals surface area contributed by atoms with Crippen LogP contribution in [0.4, 0.5) is 0 Å². The fraction of sp³-hybridized carbons (Fsp3) is 0.462. The Kier molecular flexibility index (Phi) is 4.35. The minimum absolute atomic E-state index is 0.134. The Morgan fingerprint density at radius 2 is 2.07 bits per heavy atom. The lowest BCUT2D eigenvalue weighted by Gasteiger charge is -2.07. The zero-order chi connectivity index (χ0) is 11.3. The molecule has 2 nitrogen and oxygen atoms in total. The van der Waals surface area contributed by atoms with Gasteiger partial charge in [-0.2, -0.15) is 0 Å². The predicted molar refractivity (Wildman–Crippen MR) is 60.9 cm³/mol. The summed E-state index contributed by atoms with van der Waals surface area (Å²) in [5.74, 6) is -0.134. The molecule has 1 rings (SSSR count). The monoisotopic (exact) mass is 206 g/mol. The van der Waals surface area contributed by atoms with Crippen LogP contribution >= 0.6 is 0 Å². The molecule has 0 aliphatic rings. The van der Waals surface area contributed by atoms with Crippen LogP contribution in [0.1, 0.15) is 30.0 Å². The molecule has 2 heteroatoms. The first kappa shape index (κ1) is 11.8. The first-order chi connectivity index (χ1) is 7.13. The number of carbonyl (C=O) groups is 1. The molecule has 0 spiro atoms. The standard InChI is InChI=1S/C13H18O2/c1-4-7-15-13(14)9-12-8-10(2)5-6-11(12)3/h5-6,8H,4,7,9H2,1-3H3. The minimum atomic E-state index is -0.134. The van der Waals surface area contributed by atoms with E-state index >= 15 is 0 Å². The summed E-state index contributed by atoms with van der Waals surface area (Å²) in [6.07, 6.45) is 1.26. The van der Waals surface area contributed by atoms with Crippen LogP contribution in [-0.2, 0) is 16.0 Å². The summed E-state index contributed by atoms with van der Waals surface area (Å²) < 4.78 is 5.05. The second-order valence-electron chi connectivity index (χ2n) is 3.83. The van der Waals surface area contributed by atoms with Crippen LogP contribution in [0.15, 0.2) is 18.2 Å². The van der Waals surface area contributed by atoms with Crippen molar-refractivity contribution in [3.63, 3.8) is 0 Å². The molecule has 0 fully saturated rings. The molecule has 0 radical (unpaired) electrons. The molecule has 15 heavy (non-hydrogen) atoms. The van der Waals surface area contributed by atoms with Gasteiger partial charge >= 0.3 is 5.97 Å². The van der Waals surface area contributed by atoms with Crippen LogP contribution < -0.4 is 0 Å². The van der Waals surface area contributed by atoms with Crippen molar-refractivity contribution in [3.05, 3.63) is 34.9 Å². The molecule has 1 aromatic rings. The number of hydrogen-bond acceptors (Lipinski definition) is 2. The van der Waals surface area contributed by atoms with Crippen LogP contribution in [0, 0.1) is 13.8 Å². The first-order valence-corrected chi connectivity index (χ1v) is 5.35. The lowest BCUT2D eigenvalue weighted by molar-refractivity contribution is -0.142. The smallest absolute Gasteiger partial charge is 0.310 e. The number of benzene rings is 1. The lowest BCUT2D eigenvalue weighted by atomic mass is 10.0. The van der Waals surface area contributed by atoms with Crippen molar-refractivity contribution < 1.29 is 9.53 Å². The van der Waals surface area contributed by atoms with Crippen molar-refractivity contribution in [2.75, 3.05) is 6.61 Å². The van der Waals surface area contributed by atoms with E-state index in [0.29, 0.717) is 13.0 Å². The molecule has 1 aromatic carbocycles. The van der Waals surface area contributed by atoms with Crippen LogP contribution in [0.3, 0.4) is 0 Å². The summed E-state index contributed by atoms with van der Waals surface area (Å²) in [4.78, 5) is 11.4. The van der Waals surface area contributed by atoms with Crippen molar-refractivity contribution in [1.29, 1.82) is 0 Å². The molecule has 0 aliphatic carbocycles. The number of carbonyl (C=O) groups excluding carboxylic acids is 1. The van der Waals surface area contributed by atoms with Crippen molar-refractivity contribution >= 4 is 5.97 Å². The second kappa shape index (κ2) is 5.54. The topological polar surface area (TPSA) is 26.3 Å². The largest absolute Gasteiger partial charge is 0.465 e. The molecule has 0 aromatic heterocycles. The Morgan fingerprint density at radius 1 is 1.33 bits per heavy atom. The Hall–Kier alpha value is -1.31. The van der Waals surface area contributed by atoms with E-state index in [0.717, 1.165) is 17.5 Å². The summed E-state index contributed by atoms with van der Waals surface area (Å²) >= 11 is 0. The van der Waals surface area contributed by atoms with E-state index in [9.17, 15) is 4.79 Å². The second-order valence-corrected chi connectivity index (χ2v) is 3.83. The van der Waals surface area contributed by atoms with Crippen molar-refractivity contribution in [2.45, 2.75) is 33.6 Å². The molecule has 0 atom stereocenters. The molecule has 82 valence electrons. The van der Waals surface area contributed by atoms with E-state index in [1.807, 2.05) is 32.9 Å². The maximum absolute atomic E-state index is 11.4. The van der Waals surface area contributed by atoms with Crippen LogP contribution in [0.25, 0.3) is 0 Å². The quantitative estimate of drug-likeness (QED) is 0.708. The van der Waals surface area contributed by atoms with Gasteiger partial charge in [-0.15, -0.1) is 0 Å².